The van der Waals surface area contributed by atoms with Crippen LogP contribution in [0.5, 0.6) is 0 Å². The number of hydrogen-bond acceptors (Lipinski definition) is 6. The SMILES string of the molecule is CCc1nc(-c2ccc3c(c2)CC[C@H]3NC(=O)c2cnc3ncc(C)cn23)no1. The summed E-state index contributed by atoms with van der Waals surface area (Å²) in [6, 6.07) is 6.08. The number of rotatable bonds is 4. The zero-order valence-electron chi connectivity index (χ0n) is 16.2. The Hall–Kier alpha value is -3.55. The smallest absolute Gasteiger partial charge is 0.270 e. The first-order chi connectivity index (χ1) is 14.1. The van der Waals surface area contributed by atoms with Gasteiger partial charge in [-0.3, -0.25) is 9.20 Å². The van der Waals surface area contributed by atoms with Crippen LogP contribution in [-0.4, -0.2) is 30.4 Å². The summed E-state index contributed by atoms with van der Waals surface area (Å²) in [6.07, 6.45) is 7.63. The van der Waals surface area contributed by atoms with Crippen molar-refractivity contribution in [3.8, 4) is 11.4 Å². The van der Waals surface area contributed by atoms with Gasteiger partial charge in [-0.05, 0) is 42.5 Å². The number of aryl methyl sites for hydroxylation is 3. The van der Waals surface area contributed by atoms with E-state index in [9.17, 15) is 4.79 Å². The van der Waals surface area contributed by atoms with Gasteiger partial charge in [-0.25, -0.2) is 9.97 Å². The first kappa shape index (κ1) is 17.5. The Balaban J connectivity index is 1.39. The number of carbonyl (C=O) groups excluding carboxylic acids is 1. The molecule has 1 aromatic carbocycles. The highest BCUT2D eigenvalue weighted by atomic mass is 16.5. The van der Waals surface area contributed by atoms with E-state index in [2.05, 4.69) is 31.5 Å². The highest BCUT2D eigenvalue weighted by Gasteiger charge is 2.26. The van der Waals surface area contributed by atoms with Gasteiger partial charge in [0.25, 0.3) is 5.91 Å². The van der Waals surface area contributed by atoms with Crippen molar-refractivity contribution >= 4 is 11.7 Å². The topological polar surface area (TPSA) is 98.2 Å². The predicted molar refractivity (Wildman–Crippen MR) is 105 cm³/mol. The molecule has 1 amide bonds. The Morgan fingerprint density at radius 3 is 3.00 bits per heavy atom. The fraction of sp³-hybridized carbons (Fsp3) is 0.286. The lowest BCUT2D eigenvalue weighted by Crippen LogP contribution is -2.28. The third-order valence-corrected chi connectivity index (χ3v) is 5.28. The molecule has 0 spiro atoms. The average molecular weight is 388 g/mol. The van der Waals surface area contributed by atoms with Gasteiger partial charge in [0, 0.05) is 24.4 Å². The first-order valence-corrected chi connectivity index (χ1v) is 9.68. The van der Waals surface area contributed by atoms with Crippen LogP contribution in [0, 0.1) is 6.92 Å². The van der Waals surface area contributed by atoms with Crippen LogP contribution in [0.1, 0.15) is 52.5 Å². The van der Waals surface area contributed by atoms with Crippen LogP contribution < -0.4 is 5.32 Å². The Labute approximate surface area is 167 Å². The molecule has 29 heavy (non-hydrogen) atoms. The minimum absolute atomic E-state index is 0.0358. The maximum Gasteiger partial charge on any atom is 0.270 e. The van der Waals surface area contributed by atoms with E-state index in [4.69, 9.17) is 4.52 Å². The Bertz CT molecular complexity index is 1230. The Kier molecular flexibility index (Phi) is 4.12. The second-order valence-electron chi connectivity index (χ2n) is 7.29. The maximum atomic E-state index is 12.9. The second-order valence-corrected chi connectivity index (χ2v) is 7.29. The van der Waals surface area contributed by atoms with Crippen LogP contribution in [-0.2, 0) is 12.8 Å². The van der Waals surface area contributed by atoms with Crippen LogP contribution in [0.15, 0.2) is 41.3 Å². The maximum absolute atomic E-state index is 12.9. The van der Waals surface area contributed by atoms with Gasteiger partial charge >= 0.3 is 0 Å². The van der Waals surface area contributed by atoms with Gasteiger partial charge in [-0.2, -0.15) is 4.98 Å². The quantitative estimate of drug-likeness (QED) is 0.577. The molecular weight excluding hydrogens is 368 g/mol. The molecule has 0 saturated heterocycles. The molecule has 5 rings (SSSR count). The van der Waals surface area contributed by atoms with Gasteiger partial charge in [-0.15, -0.1) is 0 Å². The molecule has 0 saturated carbocycles. The van der Waals surface area contributed by atoms with E-state index in [0.29, 0.717) is 29.6 Å². The normalized spacial score (nSPS) is 15.6. The summed E-state index contributed by atoms with van der Waals surface area (Å²) in [4.78, 5) is 25.8. The highest BCUT2D eigenvalue weighted by molar-refractivity contribution is 5.93. The van der Waals surface area contributed by atoms with E-state index >= 15 is 0 Å². The number of nitrogens with one attached hydrogen (secondary N) is 1. The number of carbonyl (C=O) groups is 1. The predicted octanol–water partition coefficient (Wildman–Crippen LogP) is 3.07. The van der Waals surface area contributed by atoms with Crippen LogP contribution in [0.4, 0.5) is 0 Å². The fourth-order valence-corrected chi connectivity index (χ4v) is 3.79. The van der Waals surface area contributed by atoms with Crippen molar-refractivity contribution in [3.05, 3.63) is 65.1 Å². The van der Waals surface area contributed by atoms with E-state index in [-0.39, 0.29) is 11.9 Å². The number of benzene rings is 1. The molecule has 0 bridgehead atoms. The zero-order valence-corrected chi connectivity index (χ0v) is 16.2. The summed E-state index contributed by atoms with van der Waals surface area (Å²) in [7, 11) is 0. The summed E-state index contributed by atoms with van der Waals surface area (Å²) in [5.74, 6) is 1.59. The molecule has 146 valence electrons. The van der Waals surface area contributed by atoms with E-state index in [0.717, 1.165) is 29.5 Å². The van der Waals surface area contributed by atoms with Gasteiger partial charge in [0.2, 0.25) is 17.5 Å². The molecule has 8 heteroatoms. The van der Waals surface area contributed by atoms with Gasteiger partial charge in [0.1, 0.15) is 5.69 Å². The minimum Gasteiger partial charge on any atom is -0.344 e. The third-order valence-electron chi connectivity index (χ3n) is 5.28. The monoisotopic (exact) mass is 388 g/mol. The zero-order chi connectivity index (χ0) is 20.0. The van der Waals surface area contributed by atoms with Gasteiger partial charge in [0.05, 0.1) is 12.2 Å². The molecule has 0 aliphatic heterocycles. The molecule has 1 aliphatic carbocycles. The summed E-state index contributed by atoms with van der Waals surface area (Å²) in [6.45, 7) is 3.92. The molecule has 8 nitrogen and oxygen atoms in total. The molecule has 1 aliphatic rings. The Morgan fingerprint density at radius 2 is 2.17 bits per heavy atom. The van der Waals surface area contributed by atoms with Crippen LogP contribution in [0.25, 0.3) is 17.2 Å². The van der Waals surface area contributed by atoms with Gasteiger partial charge in [0.15, 0.2) is 0 Å². The summed E-state index contributed by atoms with van der Waals surface area (Å²) in [5, 5.41) is 7.19. The van der Waals surface area contributed by atoms with Crippen molar-refractivity contribution < 1.29 is 9.32 Å². The Morgan fingerprint density at radius 1 is 1.31 bits per heavy atom. The van der Waals surface area contributed by atoms with E-state index < -0.39 is 0 Å². The van der Waals surface area contributed by atoms with Crippen molar-refractivity contribution in [2.24, 2.45) is 0 Å². The molecule has 1 N–H and O–H groups in total. The lowest BCUT2D eigenvalue weighted by molar-refractivity contribution is 0.0930. The fourth-order valence-electron chi connectivity index (χ4n) is 3.79. The van der Waals surface area contributed by atoms with Crippen molar-refractivity contribution in [2.45, 2.75) is 39.2 Å². The molecule has 3 aromatic heterocycles. The standard InChI is InChI=1S/C21H20N6O2/c1-3-18-25-19(26-29-18)14-4-6-15-13(8-14)5-7-16(15)24-20(28)17-10-23-21-22-9-12(2)11-27(17)21/h4,6,8-11,16H,3,5,7H2,1-2H3,(H,24,28)/t16-/m1/s1. The number of imidazole rings is 1. The summed E-state index contributed by atoms with van der Waals surface area (Å²) in [5.41, 5.74) is 4.72. The largest absolute Gasteiger partial charge is 0.344 e. The molecule has 3 heterocycles. The molecular formula is C21H20N6O2. The van der Waals surface area contributed by atoms with E-state index in [1.807, 2.05) is 32.2 Å². The number of nitrogens with zero attached hydrogens (tertiary/aromatic N) is 5. The summed E-state index contributed by atoms with van der Waals surface area (Å²) < 4.78 is 6.94. The van der Waals surface area contributed by atoms with Crippen molar-refractivity contribution in [2.75, 3.05) is 0 Å². The van der Waals surface area contributed by atoms with E-state index in [1.54, 1.807) is 16.8 Å². The molecule has 0 fully saturated rings. The number of fused-ring (bicyclic) bond motifs is 2. The number of amides is 1. The lowest BCUT2D eigenvalue weighted by atomic mass is 10.0. The second kappa shape index (κ2) is 6.80. The molecule has 0 radical (unpaired) electrons. The lowest BCUT2D eigenvalue weighted by Gasteiger charge is -2.14. The summed E-state index contributed by atoms with van der Waals surface area (Å²) >= 11 is 0. The minimum atomic E-state index is -0.155. The van der Waals surface area contributed by atoms with Crippen LogP contribution >= 0.6 is 0 Å². The number of hydrogen-bond donors (Lipinski definition) is 1. The first-order valence-electron chi connectivity index (χ1n) is 9.68. The highest BCUT2D eigenvalue weighted by Crippen LogP contribution is 2.34. The van der Waals surface area contributed by atoms with Crippen molar-refractivity contribution in [1.82, 2.24) is 29.8 Å². The molecule has 4 aromatic rings. The van der Waals surface area contributed by atoms with Crippen LogP contribution in [0.3, 0.4) is 0 Å². The third kappa shape index (κ3) is 3.06. The average Bonchev–Trinajstić information content (AvgIpc) is 3.45. The van der Waals surface area contributed by atoms with Gasteiger partial charge in [-0.1, -0.05) is 24.2 Å². The van der Waals surface area contributed by atoms with Crippen molar-refractivity contribution in [1.29, 1.82) is 0 Å². The van der Waals surface area contributed by atoms with Crippen molar-refractivity contribution in [3.63, 3.8) is 0 Å². The number of aromatic nitrogens is 5. The molecule has 1 atom stereocenters. The van der Waals surface area contributed by atoms with Crippen LogP contribution in [0.2, 0.25) is 0 Å². The molecule has 0 unspecified atom stereocenters. The van der Waals surface area contributed by atoms with E-state index in [1.165, 1.54) is 5.56 Å². The van der Waals surface area contributed by atoms with Gasteiger partial charge < -0.3 is 9.84 Å².